The molecular weight excluding hydrogens is 308 g/mol. The Bertz CT molecular complexity index is 716. The van der Waals surface area contributed by atoms with Gasteiger partial charge in [0.1, 0.15) is 0 Å². The molecule has 1 aromatic heterocycles. The van der Waals surface area contributed by atoms with Crippen LogP contribution in [0.25, 0.3) is 5.57 Å². The zero-order valence-corrected chi connectivity index (χ0v) is 13.5. The number of hydrogen-bond donors (Lipinski definition) is 0. The van der Waals surface area contributed by atoms with Gasteiger partial charge in [-0.15, -0.1) is 0 Å². The summed E-state index contributed by atoms with van der Waals surface area (Å²) in [6.45, 7) is 1.36. The number of aromatic nitrogens is 1. The van der Waals surface area contributed by atoms with Crippen LogP contribution in [-0.4, -0.2) is 29.6 Å². The number of thioether (sulfide) groups is 1. The van der Waals surface area contributed by atoms with Gasteiger partial charge in [-0.2, -0.15) is 4.73 Å². The number of nitrogens with zero attached hydrogens (tertiary/aromatic N) is 2. The summed E-state index contributed by atoms with van der Waals surface area (Å²) in [6.07, 6.45) is 4.44. The van der Waals surface area contributed by atoms with E-state index in [4.69, 9.17) is 0 Å². The summed E-state index contributed by atoms with van der Waals surface area (Å²) >= 11 is 1.28. The molecule has 0 spiro atoms. The van der Waals surface area contributed by atoms with E-state index >= 15 is 0 Å². The Labute approximate surface area is 140 Å². The van der Waals surface area contributed by atoms with Crippen molar-refractivity contribution in [1.29, 1.82) is 0 Å². The van der Waals surface area contributed by atoms with E-state index in [1.807, 2.05) is 23.1 Å². The van der Waals surface area contributed by atoms with Crippen LogP contribution in [0.15, 0.2) is 65.8 Å². The second-order valence-electron chi connectivity index (χ2n) is 5.34. The van der Waals surface area contributed by atoms with Gasteiger partial charge in [-0.3, -0.25) is 4.79 Å². The standard InChI is InChI=1S/C18H18N2O2S/c21-17(14-23-18-8-4-5-11-20(18)22)19-12-9-16(10-13-19)15-6-2-1-3-7-15/h1-9,11H,10,12-14H2. The van der Waals surface area contributed by atoms with E-state index in [-0.39, 0.29) is 5.91 Å². The summed E-state index contributed by atoms with van der Waals surface area (Å²) in [5, 5.41) is 12.1. The van der Waals surface area contributed by atoms with Gasteiger partial charge >= 0.3 is 0 Å². The predicted molar refractivity (Wildman–Crippen MR) is 91.7 cm³/mol. The molecule has 2 heterocycles. The Morgan fingerprint density at radius 1 is 1.17 bits per heavy atom. The fourth-order valence-electron chi connectivity index (χ4n) is 2.56. The Morgan fingerprint density at radius 2 is 1.96 bits per heavy atom. The first-order valence-electron chi connectivity index (χ1n) is 7.57. The average Bonchev–Trinajstić information content (AvgIpc) is 2.62. The van der Waals surface area contributed by atoms with Crippen molar-refractivity contribution in [2.45, 2.75) is 11.4 Å². The van der Waals surface area contributed by atoms with Crippen LogP contribution in [0.2, 0.25) is 0 Å². The van der Waals surface area contributed by atoms with E-state index in [1.54, 1.807) is 18.2 Å². The molecule has 0 unspecified atom stereocenters. The Balaban J connectivity index is 1.56. The van der Waals surface area contributed by atoms with Crippen LogP contribution >= 0.6 is 11.8 Å². The average molecular weight is 326 g/mol. The molecular formula is C18H18N2O2S. The molecule has 118 valence electrons. The van der Waals surface area contributed by atoms with Crippen LogP contribution in [0.5, 0.6) is 0 Å². The number of carbonyl (C=O) groups excluding carboxylic acids is 1. The number of benzene rings is 1. The van der Waals surface area contributed by atoms with E-state index in [1.165, 1.54) is 29.1 Å². The lowest BCUT2D eigenvalue weighted by atomic mass is 10.00. The zero-order valence-electron chi connectivity index (χ0n) is 12.7. The molecule has 5 heteroatoms. The van der Waals surface area contributed by atoms with E-state index < -0.39 is 0 Å². The molecule has 0 saturated heterocycles. The smallest absolute Gasteiger partial charge is 0.251 e. The van der Waals surface area contributed by atoms with Crippen LogP contribution < -0.4 is 4.73 Å². The van der Waals surface area contributed by atoms with E-state index in [2.05, 4.69) is 18.2 Å². The molecule has 2 aromatic rings. The maximum absolute atomic E-state index is 12.3. The lowest BCUT2D eigenvalue weighted by molar-refractivity contribution is -0.645. The first kappa shape index (κ1) is 15.6. The molecule has 0 aliphatic carbocycles. The Morgan fingerprint density at radius 3 is 2.65 bits per heavy atom. The van der Waals surface area contributed by atoms with Crippen molar-refractivity contribution in [3.05, 3.63) is 71.6 Å². The fraction of sp³-hybridized carbons (Fsp3) is 0.222. The third-order valence-electron chi connectivity index (χ3n) is 3.84. The highest BCUT2D eigenvalue weighted by molar-refractivity contribution is 7.99. The van der Waals surface area contributed by atoms with Gasteiger partial charge in [0.25, 0.3) is 5.03 Å². The minimum atomic E-state index is 0.0715. The summed E-state index contributed by atoms with van der Waals surface area (Å²) in [6, 6.07) is 15.5. The molecule has 1 aromatic carbocycles. The first-order valence-corrected chi connectivity index (χ1v) is 8.56. The van der Waals surface area contributed by atoms with Crippen molar-refractivity contribution in [2.75, 3.05) is 18.8 Å². The number of amides is 1. The largest absolute Gasteiger partial charge is 0.618 e. The number of rotatable bonds is 4. The number of pyridine rings is 1. The minimum absolute atomic E-state index is 0.0715. The normalized spacial score (nSPS) is 14.4. The maximum atomic E-state index is 12.3. The molecule has 0 saturated carbocycles. The minimum Gasteiger partial charge on any atom is -0.618 e. The van der Waals surface area contributed by atoms with Crippen LogP contribution in [-0.2, 0) is 4.79 Å². The lowest BCUT2D eigenvalue weighted by Gasteiger charge is -2.26. The molecule has 0 N–H and O–H groups in total. The van der Waals surface area contributed by atoms with Gasteiger partial charge in [-0.1, -0.05) is 36.4 Å². The molecule has 1 aliphatic heterocycles. The SMILES string of the molecule is O=C(CSc1cccc[n+]1[O-])N1CC=C(c2ccccc2)CC1. The van der Waals surface area contributed by atoms with Crippen LogP contribution in [0.3, 0.4) is 0 Å². The van der Waals surface area contributed by atoms with Gasteiger partial charge in [0.15, 0.2) is 6.20 Å². The van der Waals surface area contributed by atoms with Gasteiger partial charge in [-0.05, 0) is 35.4 Å². The van der Waals surface area contributed by atoms with Crippen molar-refractivity contribution in [2.24, 2.45) is 0 Å². The maximum Gasteiger partial charge on any atom is 0.251 e. The van der Waals surface area contributed by atoms with Gasteiger partial charge < -0.3 is 10.1 Å². The molecule has 0 fully saturated rings. The van der Waals surface area contributed by atoms with Crippen LogP contribution in [0, 0.1) is 5.21 Å². The van der Waals surface area contributed by atoms with Gasteiger partial charge in [0.05, 0.1) is 5.75 Å². The summed E-state index contributed by atoms with van der Waals surface area (Å²) in [7, 11) is 0. The molecule has 0 bridgehead atoms. The molecule has 3 rings (SSSR count). The fourth-order valence-corrected chi connectivity index (χ4v) is 3.38. The van der Waals surface area contributed by atoms with E-state index in [0.29, 0.717) is 17.3 Å². The number of carbonyl (C=O) groups is 1. The molecule has 1 amide bonds. The first-order chi connectivity index (χ1) is 11.2. The molecule has 4 nitrogen and oxygen atoms in total. The van der Waals surface area contributed by atoms with Crippen LogP contribution in [0.1, 0.15) is 12.0 Å². The Hall–Kier alpha value is -2.27. The highest BCUT2D eigenvalue weighted by Crippen LogP contribution is 2.23. The van der Waals surface area contributed by atoms with Crippen molar-refractivity contribution < 1.29 is 9.52 Å². The quantitative estimate of drug-likeness (QED) is 0.493. The third-order valence-corrected chi connectivity index (χ3v) is 4.84. The van der Waals surface area contributed by atoms with Gasteiger partial charge in [0, 0.05) is 25.2 Å². The van der Waals surface area contributed by atoms with E-state index in [9.17, 15) is 10.0 Å². The molecule has 23 heavy (non-hydrogen) atoms. The molecule has 1 aliphatic rings. The van der Waals surface area contributed by atoms with Gasteiger partial charge in [0.2, 0.25) is 5.91 Å². The van der Waals surface area contributed by atoms with Crippen molar-refractivity contribution in [3.8, 4) is 0 Å². The van der Waals surface area contributed by atoms with Gasteiger partial charge in [-0.25, -0.2) is 0 Å². The highest BCUT2D eigenvalue weighted by atomic mass is 32.2. The van der Waals surface area contributed by atoms with Crippen LogP contribution in [0.4, 0.5) is 0 Å². The van der Waals surface area contributed by atoms with E-state index in [0.717, 1.165) is 17.7 Å². The summed E-state index contributed by atoms with van der Waals surface area (Å²) in [5.74, 6) is 0.364. The monoisotopic (exact) mass is 326 g/mol. The second-order valence-corrected chi connectivity index (χ2v) is 6.33. The Kier molecular flexibility index (Phi) is 4.98. The predicted octanol–water partition coefficient (Wildman–Crippen LogP) is 2.73. The lowest BCUT2D eigenvalue weighted by Crippen LogP contribution is -2.36. The molecule has 0 radical (unpaired) electrons. The van der Waals surface area contributed by atoms with Crippen molar-refractivity contribution >= 4 is 23.2 Å². The number of hydrogen-bond acceptors (Lipinski definition) is 3. The van der Waals surface area contributed by atoms with Crippen molar-refractivity contribution in [1.82, 2.24) is 4.90 Å². The van der Waals surface area contributed by atoms with Crippen molar-refractivity contribution in [3.63, 3.8) is 0 Å². The summed E-state index contributed by atoms with van der Waals surface area (Å²) in [4.78, 5) is 14.1. The summed E-state index contributed by atoms with van der Waals surface area (Å²) in [5.41, 5.74) is 2.52. The second kappa shape index (κ2) is 7.33. The molecule has 0 atom stereocenters. The highest BCUT2D eigenvalue weighted by Gasteiger charge is 2.19. The third kappa shape index (κ3) is 3.93. The zero-order chi connectivity index (χ0) is 16.1. The summed E-state index contributed by atoms with van der Waals surface area (Å²) < 4.78 is 0.793. The topological polar surface area (TPSA) is 47.2 Å².